The van der Waals surface area contributed by atoms with Crippen LogP contribution in [-0.4, -0.2) is 32.2 Å². The third kappa shape index (κ3) is 17.7. The molecule has 2 aromatic rings. The van der Waals surface area contributed by atoms with Crippen LogP contribution in [0.15, 0.2) is 54.6 Å². The molecule has 0 radical (unpaired) electrons. The van der Waals surface area contributed by atoms with E-state index < -0.39 is 0 Å². The normalized spacial score (nSPS) is 7.47. The number of rotatable bonds is 4. The molecule has 0 aliphatic carbocycles. The van der Waals surface area contributed by atoms with Crippen molar-refractivity contribution in [3.63, 3.8) is 0 Å². The first-order valence-corrected chi connectivity index (χ1v) is 17.8. The summed E-state index contributed by atoms with van der Waals surface area (Å²) in [6.07, 6.45) is 0. The van der Waals surface area contributed by atoms with E-state index in [0.717, 1.165) is 11.4 Å². The second-order valence-electron chi connectivity index (χ2n) is 4.40. The molecule has 0 fully saturated rings. The zero-order chi connectivity index (χ0) is 26.5. The molecule has 6 heteroatoms. The minimum atomic E-state index is -0.175. The van der Waals surface area contributed by atoms with Crippen molar-refractivity contribution < 1.29 is 9.63 Å². The van der Waals surface area contributed by atoms with E-state index in [0.29, 0.717) is 5.56 Å². The number of nitrogens with zero attached hydrogens (tertiary/aromatic N) is 2. The number of hydroxylamine groups is 2. The van der Waals surface area contributed by atoms with Crippen LogP contribution in [0.2, 0.25) is 0 Å². The third-order valence-electron chi connectivity index (χ3n) is 3.20. The monoisotopic (exact) mass is 674 g/mol. The van der Waals surface area contributed by atoms with Crippen LogP contribution in [0.5, 0.6) is 0 Å². The molecule has 0 heterocycles. The first-order valence-electron chi connectivity index (χ1n) is 11.5. The molecular formula is C26H48I2N2O2. The minimum absolute atomic E-state index is 0.175. The summed E-state index contributed by atoms with van der Waals surface area (Å²) in [5.74, 6) is -0.175. The van der Waals surface area contributed by atoms with Gasteiger partial charge in [0, 0.05) is 57.0 Å². The predicted octanol–water partition coefficient (Wildman–Crippen LogP) is 9.99. The number of carbonyl (C=O) groups excluding carboxylic acids is 1. The first-order chi connectivity index (χ1) is 15.6. The lowest BCUT2D eigenvalue weighted by Crippen LogP contribution is -2.27. The summed E-state index contributed by atoms with van der Waals surface area (Å²) >= 11 is 4.24. The fraction of sp³-hybridized carbons (Fsp3) is 0.500. The molecule has 32 heavy (non-hydrogen) atoms. The number of hydrogen-bond donors (Lipinski definition) is 0. The van der Waals surface area contributed by atoms with E-state index >= 15 is 0 Å². The molecule has 0 saturated heterocycles. The van der Waals surface area contributed by atoms with Crippen LogP contribution in [0.3, 0.4) is 0 Å². The molecule has 0 saturated carbocycles. The fourth-order valence-corrected chi connectivity index (χ4v) is 1.99. The van der Waals surface area contributed by atoms with E-state index in [4.69, 9.17) is 4.84 Å². The summed E-state index contributed by atoms with van der Waals surface area (Å²) in [5.41, 5.74) is 2.46. The lowest BCUT2D eigenvalue weighted by molar-refractivity contribution is -0.0756. The zero-order valence-corrected chi connectivity index (χ0v) is 27.0. The van der Waals surface area contributed by atoms with E-state index in [2.05, 4.69) is 37.2 Å². The molecule has 0 aliphatic heterocycles. The van der Waals surface area contributed by atoms with Crippen LogP contribution < -0.4 is 4.90 Å². The highest BCUT2D eigenvalue weighted by atomic mass is 128. The van der Waals surface area contributed by atoms with Gasteiger partial charge >= 0.3 is 0 Å². The molecule has 0 unspecified atom stereocenters. The Labute approximate surface area is 223 Å². The summed E-state index contributed by atoms with van der Waals surface area (Å²) in [6.45, 7) is 20.0. The topological polar surface area (TPSA) is 32.8 Å². The maximum atomic E-state index is 12.3. The van der Waals surface area contributed by atoms with Crippen LogP contribution in [0.1, 0.15) is 79.6 Å². The van der Waals surface area contributed by atoms with Gasteiger partial charge in [-0.25, -0.2) is 5.06 Å². The highest BCUT2D eigenvalue weighted by molar-refractivity contribution is 15.0. The van der Waals surface area contributed by atoms with Crippen molar-refractivity contribution in [2.45, 2.75) is 69.2 Å². The number of carbonyl (C=O) groups is 1. The van der Waals surface area contributed by atoms with Gasteiger partial charge in [0.05, 0.1) is 18.4 Å². The second-order valence-corrected chi connectivity index (χ2v) is 4.40. The number of para-hydroxylation sites is 2. The Hall–Kier alpha value is -0.870. The maximum absolute atomic E-state index is 12.3. The highest BCUT2D eigenvalue weighted by Gasteiger charge is 2.18. The largest absolute Gasteiger partial charge is 0.344 e. The quantitative estimate of drug-likeness (QED) is 0.239. The zero-order valence-electron chi connectivity index (χ0n) is 22.7. The molecule has 1 amide bonds. The highest BCUT2D eigenvalue weighted by Crippen LogP contribution is 2.27. The van der Waals surface area contributed by atoms with Crippen molar-refractivity contribution in [1.29, 1.82) is 0 Å². The predicted molar refractivity (Wildman–Crippen MR) is 165 cm³/mol. The average molecular weight is 674 g/mol. The van der Waals surface area contributed by atoms with Gasteiger partial charge in [-0.15, -0.1) is 0 Å². The number of amides is 1. The standard InChI is InChI=1S/C16H18N2O2.5C2H6.I2/c1-17(13-9-5-4-6-10-13)15-12-8-7-11-14(15)16(19)18(2)20-3;6*1-2/h4-12H,1-3H3;5*1-2H3;. The van der Waals surface area contributed by atoms with E-state index in [-0.39, 0.29) is 5.91 Å². The summed E-state index contributed by atoms with van der Waals surface area (Å²) < 4.78 is 0. The third-order valence-corrected chi connectivity index (χ3v) is 3.20. The molecular weight excluding hydrogens is 626 g/mol. The Morgan fingerprint density at radius 1 is 0.688 bits per heavy atom. The van der Waals surface area contributed by atoms with Crippen molar-refractivity contribution in [1.82, 2.24) is 5.06 Å². The number of halogens is 2. The summed E-state index contributed by atoms with van der Waals surface area (Å²) in [7, 11) is 5.01. The van der Waals surface area contributed by atoms with Crippen molar-refractivity contribution >= 4 is 54.5 Å². The van der Waals surface area contributed by atoms with Crippen LogP contribution in [0.4, 0.5) is 11.4 Å². The van der Waals surface area contributed by atoms with Crippen molar-refractivity contribution in [3.8, 4) is 0 Å². The van der Waals surface area contributed by atoms with Crippen molar-refractivity contribution in [2.75, 3.05) is 26.1 Å². The number of benzene rings is 2. The van der Waals surface area contributed by atoms with Crippen LogP contribution >= 0.6 is 37.2 Å². The Morgan fingerprint density at radius 3 is 1.47 bits per heavy atom. The van der Waals surface area contributed by atoms with E-state index in [1.54, 1.807) is 13.1 Å². The lowest BCUT2D eigenvalue weighted by Gasteiger charge is -2.23. The SMILES string of the molecule is CC.CC.CC.CC.CC.CON(C)C(=O)c1ccccc1N(C)c1ccccc1.II. The average Bonchev–Trinajstić information content (AvgIpc) is 2.94. The Bertz CT molecular complexity index is 597. The summed E-state index contributed by atoms with van der Waals surface area (Å²) in [4.78, 5) is 19.3. The van der Waals surface area contributed by atoms with Gasteiger partial charge in [-0.2, -0.15) is 0 Å². The molecule has 2 aromatic carbocycles. The van der Waals surface area contributed by atoms with Crippen molar-refractivity contribution in [3.05, 3.63) is 60.2 Å². The molecule has 0 N–H and O–H groups in total. The summed E-state index contributed by atoms with van der Waals surface area (Å²) in [6, 6.07) is 17.4. The van der Waals surface area contributed by atoms with Crippen LogP contribution in [-0.2, 0) is 4.84 Å². The molecule has 0 bridgehead atoms. The first kappa shape index (κ1) is 41.4. The van der Waals surface area contributed by atoms with Gasteiger partial charge in [-0.05, 0) is 24.3 Å². The second kappa shape index (κ2) is 34.7. The van der Waals surface area contributed by atoms with Gasteiger partial charge in [0.25, 0.3) is 5.91 Å². The number of hydrogen-bond acceptors (Lipinski definition) is 3. The van der Waals surface area contributed by atoms with Gasteiger partial charge in [0.1, 0.15) is 0 Å². The molecule has 188 valence electrons. The smallest absolute Gasteiger partial charge is 0.279 e. The maximum Gasteiger partial charge on any atom is 0.279 e. The van der Waals surface area contributed by atoms with Crippen molar-refractivity contribution in [2.24, 2.45) is 0 Å². The van der Waals surface area contributed by atoms with E-state index in [1.807, 2.05) is 130 Å². The Morgan fingerprint density at radius 2 is 1.06 bits per heavy atom. The van der Waals surface area contributed by atoms with Crippen LogP contribution in [0, 0.1) is 0 Å². The van der Waals surface area contributed by atoms with E-state index in [1.165, 1.54) is 12.2 Å². The molecule has 0 atom stereocenters. The number of anilines is 2. The van der Waals surface area contributed by atoms with Gasteiger partial charge in [-0.1, -0.05) is 99.6 Å². The fourth-order valence-electron chi connectivity index (χ4n) is 1.99. The van der Waals surface area contributed by atoms with E-state index in [9.17, 15) is 4.79 Å². The Balaban J connectivity index is -0.000000175. The molecule has 0 aliphatic rings. The molecule has 0 spiro atoms. The summed E-state index contributed by atoms with van der Waals surface area (Å²) in [5, 5.41) is 1.22. The minimum Gasteiger partial charge on any atom is -0.344 e. The van der Waals surface area contributed by atoms with Gasteiger partial charge in [-0.3, -0.25) is 9.63 Å². The molecule has 0 aromatic heterocycles. The van der Waals surface area contributed by atoms with Gasteiger partial charge in [0.2, 0.25) is 0 Å². The van der Waals surface area contributed by atoms with Gasteiger partial charge in [0.15, 0.2) is 0 Å². The molecule has 4 nitrogen and oxygen atoms in total. The molecule has 2 rings (SSSR count). The lowest BCUT2D eigenvalue weighted by atomic mass is 10.1. The van der Waals surface area contributed by atoms with Crippen LogP contribution in [0.25, 0.3) is 0 Å². The van der Waals surface area contributed by atoms with Gasteiger partial charge < -0.3 is 4.90 Å². The Kier molecular flexibility index (Phi) is 44.9.